The molecule has 0 amide bonds. The maximum absolute atomic E-state index is 2.32. The Morgan fingerprint density at radius 1 is 0.750 bits per heavy atom. The van der Waals surface area contributed by atoms with Crippen LogP contribution in [0.1, 0.15) is 78.1 Å². The second-order valence-corrected chi connectivity index (χ2v) is 8.63. The van der Waals surface area contributed by atoms with Gasteiger partial charge in [0, 0.05) is 0 Å². The minimum atomic E-state index is 0.680. The maximum atomic E-state index is 2.32. The van der Waals surface area contributed by atoms with E-state index < -0.39 is 0 Å². The summed E-state index contributed by atoms with van der Waals surface area (Å²) in [5, 5.41) is 0. The molecule has 0 saturated heterocycles. The van der Waals surface area contributed by atoms with E-state index in [-0.39, 0.29) is 0 Å². The number of hydrogen-bond donors (Lipinski definition) is 0. The molecule has 1 heteroatoms. The fourth-order valence-electron chi connectivity index (χ4n) is 2.55. The molecular formula is C19H32Se. The van der Waals surface area contributed by atoms with Crippen LogP contribution in [0.25, 0.3) is 0 Å². The first-order valence-corrected chi connectivity index (χ1v) is 10.4. The van der Waals surface area contributed by atoms with Gasteiger partial charge in [-0.15, -0.1) is 0 Å². The second kappa shape index (κ2) is 12.5. The molecule has 1 aromatic rings. The zero-order valence-electron chi connectivity index (χ0n) is 13.4. The summed E-state index contributed by atoms with van der Waals surface area (Å²) in [6.07, 6.45) is 14.2. The molecule has 0 bridgehead atoms. The van der Waals surface area contributed by atoms with Crippen molar-refractivity contribution in [2.24, 2.45) is 0 Å². The van der Waals surface area contributed by atoms with Crippen molar-refractivity contribution in [1.29, 1.82) is 0 Å². The number of benzene rings is 1. The van der Waals surface area contributed by atoms with Gasteiger partial charge < -0.3 is 0 Å². The van der Waals surface area contributed by atoms with Gasteiger partial charge >= 0.3 is 133 Å². The van der Waals surface area contributed by atoms with Gasteiger partial charge in [0.15, 0.2) is 0 Å². The molecule has 0 aliphatic rings. The van der Waals surface area contributed by atoms with Gasteiger partial charge in [0.1, 0.15) is 0 Å². The van der Waals surface area contributed by atoms with Crippen molar-refractivity contribution in [3.05, 3.63) is 30.3 Å². The minimum absolute atomic E-state index is 0.680. The molecule has 0 spiro atoms. The molecule has 0 N–H and O–H groups in total. The topological polar surface area (TPSA) is 0 Å². The van der Waals surface area contributed by atoms with Gasteiger partial charge in [-0.05, 0) is 0 Å². The molecule has 0 saturated carbocycles. The predicted octanol–water partition coefficient (Wildman–Crippen LogP) is 5.75. The molecule has 0 nitrogen and oxygen atoms in total. The van der Waals surface area contributed by atoms with E-state index in [1.54, 1.807) is 4.46 Å². The van der Waals surface area contributed by atoms with Crippen molar-refractivity contribution < 1.29 is 0 Å². The molecule has 0 aliphatic heterocycles. The number of rotatable bonds is 12. The molecule has 1 aromatic carbocycles. The van der Waals surface area contributed by atoms with Crippen molar-refractivity contribution in [1.82, 2.24) is 0 Å². The van der Waals surface area contributed by atoms with Crippen LogP contribution in [0.2, 0.25) is 4.82 Å². The Balaban J connectivity index is 2.33. The third-order valence-electron chi connectivity index (χ3n) is 3.81. The van der Waals surface area contributed by atoms with Gasteiger partial charge in [-0.3, -0.25) is 0 Å². The first-order chi connectivity index (χ1) is 9.86. The van der Waals surface area contributed by atoms with Gasteiger partial charge in [-0.1, -0.05) is 0 Å². The average Bonchev–Trinajstić information content (AvgIpc) is 2.49. The molecule has 0 aliphatic carbocycles. The van der Waals surface area contributed by atoms with Crippen LogP contribution in [0.5, 0.6) is 0 Å². The Bertz CT molecular complexity index is 295. The third-order valence-corrected chi connectivity index (χ3v) is 6.64. The summed E-state index contributed by atoms with van der Waals surface area (Å²) in [4.78, 5) is 0.971. The van der Waals surface area contributed by atoms with Crippen LogP contribution in [-0.2, 0) is 0 Å². The van der Waals surface area contributed by atoms with Gasteiger partial charge in [0.05, 0.1) is 0 Å². The molecule has 0 radical (unpaired) electrons. The molecule has 20 heavy (non-hydrogen) atoms. The van der Waals surface area contributed by atoms with E-state index in [1.165, 1.54) is 64.2 Å². The van der Waals surface area contributed by atoms with E-state index in [0.29, 0.717) is 15.0 Å². The SMILES string of the molecule is CCCCCCC(CCCCCC)[Se]c1ccccc1. The molecule has 0 heterocycles. The van der Waals surface area contributed by atoms with Gasteiger partial charge in [0.25, 0.3) is 0 Å². The van der Waals surface area contributed by atoms with E-state index in [9.17, 15) is 0 Å². The summed E-state index contributed by atoms with van der Waals surface area (Å²) in [6, 6.07) is 11.2. The number of unbranched alkanes of at least 4 members (excludes halogenated alkanes) is 6. The van der Waals surface area contributed by atoms with E-state index >= 15 is 0 Å². The molecule has 1 rings (SSSR count). The van der Waals surface area contributed by atoms with Gasteiger partial charge in [-0.25, -0.2) is 0 Å². The van der Waals surface area contributed by atoms with Gasteiger partial charge in [0.2, 0.25) is 0 Å². The summed E-state index contributed by atoms with van der Waals surface area (Å²) in [7, 11) is 0. The summed E-state index contributed by atoms with van der Waals surface area (Å²) in [5.74, 6) is 0. The Hall–Kier alpha value is -0.261. The van der Waals surface area contributed by atoms with Crippen molar-refractivity contribution in [2.45, 2.75) is 82.9 Å². The van der Waals surface area contributed by atoms with Crippen LogP contribution < -0.4 is 4.46 Å². The Morgan fingerprint density at radius 2 is 1.30 bits per heavy atom. The van der Waals surface area contributed by atoms with Gasteiger partial charge in [-0.2, -0.15) is 0 Å². The molecule has 114 valence electrons. The molecule has 0 unspecified atom stereocenters. The van der Waals surface area contributed by atoms with Crippen LogP contribution in [0.4, 0.5) is 0 Å². The Labute approximate surface area is 132 Å². The molecule has 0 atom stereocenters. The zero-order valence-corrected chi connectivity index (χ0v) is 15.2. The first-order valence-electron chi connectivity index (χ1n) is 8.58. The molecular weight excluding hydrogens is 307 g/mol. The Kier molecular flexibility index (Phi) is 11.1. The van der Waals surface area contributed by atoms with Crippen LogP contribution in [0.3, 0.4) is 0 Å². The summed E-state index contributed by atoms with van der Waals surface area (Å²) >= 11 is 0.680. The van der Waals surface area contributed by atoms with E-state index in [0.717, 1.165) is 4.82 Å². The quantitative estimate of drug-likeness (QED) is 0.336. The van der Waals surface area contributed by atoms with Crippen LogP contribution in [-0.4, -0.2) is 15.0 Å². The van der Waals surface area contributed by atoms with Crippen molar-refractivity contribution >= 4 is 19.4 Å². The van der Waals surface area contributed by atoms with E-state index in [2.05, 4.69) is 44.2 Å². The standard InChI is InChI=1S/C19H32Se/c1-3-5-7-10-14-18(15-11-8-6-4-2)20-19-16-12-9-13-17-19/h9,12-13,16-18H,3-8,10-11,14-15H2,1-2H3. The predicted molar refractivity (Wildman–Crippen MR) is 93.1 cm³/mol. The summed E-state index contributed by atoms with van der Waals surface area (Å²) in [5.41, 5.74) is 0. The second-order valence-electron chi connectivity index (χ2n) is 5.75. The Morgan fingerprint density at radius 3 is 1.80 bits per heavy atom. The third kappa shape index (κ3) is 8.82. The first kappa shape index (κ1) is 17.8. The fraction of sp³-hybridized carbons (Fsp3) is 0.684. The summed E-state index contributed by atoms with van der Waals surface area (Å²) in [6.45, 7) is 4.60. The normalized spacial score (nSPS) is 11.2. The van der Waals surface area contributed by atoms with Crippen molar-refractivity contribution in [2.75, 3.05) is 0 Å². The van der Waals surface area contributed by atoms with Crippen LogP contribution >= 0.6 is 0 Å². The monoisotopic (exact) mass is 340 g/mol. The zero-order chi connectivity index (χ0) is 14.5. The summed E-state index contributed by atoms with van der Waals surface area (Å²) < 4.78 is 1.59. The van der Waals surface area contributed by atoms with E-state index in [4.69, 9.17) is 0 Å². The van der Waals surface area contributed by atoms with Crippen molar-refractivity contribution in [3.8, 4) is 0 Å². The van der Waals surface area contributed by atoms with Crippen LogP contribution in [0, 0.1) is 0 Å². The van der Waals surface area contributed by atoms with Crippen molar-refractivity contribution in [3.63, 3.8) is 0 Å². The van der Waals surface area contributed by atoms with E-state index in [1.807, 2.05) is 0 Å². The molecule has 0 fully saturated rings. The molecule has 0 aromatic heterocycles. The average molecular weight is 339 g/mol. The van der Waals surface area contributed by atoms with Crippen LogP contribution in [0.15, 0.2) is 30.3 Å². The number of hydrogen-bond acceptors (Lipinski definition) is 0. The fourth-order valence-corrected chi connectivity index (χ4v) is 5.21.